The number of thiol groups is 1. The Labute approximate surface area is 99.0 Å². The molecule has 14 heavy (non-hydrogen) atoms. The van der Waals surface area contributed by atoms with Crippen LogP contribution in [-0.2, 0) is 19.5 Å². The van der Waals surface area contributed by atoms with Crippen molar-refractivity contribution in [3.05, 3.63) is 28.8 Å². The van der Waals surface area contributed by atoms with Gasteiger partial charge in [0, 0.05) is 41.1 Å². The van der Waals surface area contributed by atoms with E-state index in [0.29, 0.717) is 23.8 Å². The van der Waals surface area contributed by atoms with Crippen LogP contribution in [0.4, 0.5) is 0 Å². The Morgan fingerprint density at radius 2 is 1.50 bits per heavy atom. The van der Waals surface area contributed by atoms with Gasteiger partial charge in [-0.3, -0.25) is 14.4 Å². The van der Waals surface area contributed by atoms with Crippen LogP contribution in [0.1, 0.15) is 31.1 Å². The minimum absolute atomic E-state index is 0. The van der Waals surface area contributed by atoms with E-state index in [1.54, 1.807) is 0 Å². The molecule has 1 rings (SSSR count). The fourth-order valence-electron chi connectivity index (χ4n) is 1.000. The fourth-order valence-corrected chi connectivity index (χ4v) is 1.25. The van der Waals surface area contributed by atoms with Gasteiger partial charge in [-0.25, -0.2) is 0 Å². The normalized spacial score (nSPS) is 8.64. The zero-order valence-electron chi connectivity index (χ0n) is 7.27. The van der Waals surface area contributed by atoms with Gasteiger partial charge in [-0.05, 0) is 12.1 Å². The second-order valence-corrected chi connectivity index (χ2v) is 2.84. The van der Waals surface area contributed by atoms with Gasteiger partial charge in [0.1, 0.15) is 0 Å². The molecule has 3 nitrogen and oxygen atoms in total. The van der Waals surface area contributed by atoms with Crippen LogP contribution < -0.4 is 0 Å². The first-order valence-electron chi connectivity index (χ1n) is 3.46. The molecule has 5 heteroatoms. The summed E-state index contributed by atoms with van der Waals surface area (Å²) in [6.07, 6.45) is 1.52. The molecule has 68 valence electrons. The Bertz CT molecular complexity index is 377. The Morgan fingerprint density at radius 1 is 0.929 bits per heavy atom. The molecular weight excluding hydrogens is 254 g/mol. The maximum absolute atomic E-state index is 10.6. The third-order valence-corrected chi connectivity index (χ3v) is 2.05. The van der Waals surface area contributed by atoms with E-state index >= 15 is 0 Å². The minimum Gasteiger partial charge on any atom is -0.298 e. The van der Waals surface area contributed by atoms with Gasteiger partial charge >= 0.3 is 0 Å². The van der Waals surface area contributed by atoms with Crippen LogP contribution in [-0.4, -0.2) is 18.9 Å². The summed E-state index contributed by atoms with van der Waals surface area (Å²) in [5, 5.41) is 0. The van der Waals surface area contributed by atoms with E-state index in [4.69, 9.17) is 0 Å². The molecule has 0 spiro atoms. The molecule has 0 aromatic heterocycles. The van der Waals surface area contributed by atoms with Gasteiger partial charge in [0.15, 0.2) is 18.9 Å². The predicted molar refractivity (Wildman–Crippen MR) is 49.9 cm³/mol. The quantitative estimate of drug-likeness (QED) is 0.507. The van der Waals surface area contributed by atoms with Crippen LogP contribution in [0.15, 0.2) is 17.0 Å². The summed E-state index contributed by atoms with van der Waals surface area (Å²) in [7, 11) is 0. The molecule has 0 heterocycles. The Hall–Kier alpha value is -0.797. The molecule has 0 aliphatic heterocycles. The summed E-state index contributed by atoms with van der Waals surface area (Å²) in [6, 6.07) is 2.95. The van der Waals surface area contributed by atoms with E-state index in [9.17, 15) is 14.4 Å². The Balaban J connectivity index is 0.00000169. The maximum atomic E-state index is 10.6. The van der Waals surface area contributed by atoms with Crippen molar-refractivity contribution in [2.24, 2.45) is 0 Å². The molecule has 0 atom stereocenters. The molecule has 0 saturated heterocycles. The first kappa shape index (κ1) is 13.2. The molecule has 0 bridgehead atoms. The van der Waals surface area contributed by atoms with Crippen LogP contribution in [0.25, 0.3) is 0 Å². The monoisotopic (exact) mass is 258 g/mol. The SMILES string of the molecule is O=Cc1ccc(S)c(C=O)c1C=O.[Zn]. The number of aldehydes is 3. The van der Waals surface area contributed by atoms with E-state index in [1.165, 1.54) is 12.1 Å². The molecule has 0 fully saturated rings. The van der Waals surface area contributed by atoms with Crippen LogP contribution in [0.2, 0.25) is 0 Å². The van der Waals surface area contributed by atoms with Crippen molar-refractivity contribution in [2.75, 3.05) is 0 Å². The van der Waals surface area contributed by atoms with Gasteiger partial charge in [-0.2, -0.15) is 0 Å². The second-order valence-electron chi connectivity index (χ2n) is 2.35. The Morgan fingerprint density at radius 3 is 1.93 bits per heavy atom. The minimum atomic E-state index is 0. The Kier molecular flexibility index (Phi) is 5.50. The summed E-state index contributed by atoms with van der Waals surface area (Å²) >= 11 is 3.98. The van der Waals surface area contributed by atoms with Gasteiger partial charge < -0.3 is 0 Å². The molecule has 0 aliphatic rings. The van der Waals surface area contributed by atoms with Gasteiger partial charge in [0.2, 0.25) is 0 Å². The van der Waals surface area contributed by atoms with Gasteiger partial charge in [-0.15, -0.1) is 12.6 Å². The number of carbonyl (C=O) groups excluding carboxylic acids is 3. The summed E-state index contributed by atoms with van der Waals surface area (Å²) in [5.74, 6) is 0. The maximum Gasteiger partial charge on any atom is 0.151 e. The number of hydrogen-bond donors (Lipinski definition) is 1. The molecular formula is C9H6O3SZn. The van der Waals surface area contributed by atoms with Crippen molar-refractivity contribution in [2.45, 2.75) is 4.90 Å². The first-order chi connectivity index (χ1) is 6.24. The average Bonchev–Trinajstić information content (AvgIpc) is 2.17. The van der Waals surface area contributed by atoms with Crippen LogP contribution >= 0.6 is 12.6 Å². The number of benzene rings is 1. The van der Waals surface area contributed by atoms with Crippen LogP contribution in [0.3, 0.4) is 0 Å². The fraction of sp³-hybridized carbons (Fsp3) is 0. The van der Waals surface area contributed by atoms with Crippen LogP contribution in [0, 0.1) is 0 Å². The van der Waals surface area contributed by atoms with E-state index in [1.807, 2.05) is 0 Å². The third-order valence-electron chi connectivity index (χ3n) is 1.66. The van der Waals surface area contributed by atoms with Gasteiger partial charge in [0.05, 0.1) is 0 Å². The summed E-state index contributed by atoms with van der Waals surface area (Å²) in [5.41, 5.74) is 0.454. The molecule has 0 radical (unpaired) electrons. The van der Waals surface area contributed by atoms with Crippen molar-refractivity contribution in [1.82, 2.24) is 0 Å². The topological polar surface area (TPSA) is 51.2 Å². The standard InChI is InChI=1S/C9H6O3S.Zn/c10-3-6-1-2-9(13)8(5-12)7(6)4-11;/h1-5,13H;. The summed E-state index contributed by atoms with van der Waals surface area (Å²) in [6.45, 7) is 0. The van der Waals surface area contributed by atoms with E-state index in [0.717, 1.165) is 0 Å². The van der Waals surface area contributed by atoms with Crippen molar-refractivity contribution in [3.8, 4) is 0 Å². The molecule has 0 unspecified atom stereocenters. The smallest absolute Gasteiger partial charge is 0.151 e. The van der Waals surface area contributed by atoms with Gasteiger partial charge in [0.25, 0.3) is 0 Å². The molecule has 1 aromatic carbocycles. The van der Waals surface area contributed by atoms with Gasteiger partial charge in [-0.1, -0.05) is 0 Å². The molecule has 0 N–H and O–H groups in total. The third kappa shape index (κ3) is 2.37. The van der Waals surface area contributed by atoms with Crippen molar-refractivity contribution < 1.29 is 33.9 Å². The molecule has 1 aromatic rings. The van der Waals surface area contributed by atoms with E-state index < -0.39 is 0 Å². The average molecular weight is 260 g/mol. The molecule has 0 amide bonds. The van der Waals surface area contributed by atoms with E-state index in [2.05, 4.69) is 12.6 Å². The summed E-state index contributed by atoms with van der Waals surface area (Å²) in [4.78, 5) is 32.0. The number of carbonyl (C=O) groups is 3. The molecule has 0 saturated carbocycles. The van der Waals surface area contributed by atoms with Crippen LogP contribution in [0.5, 0.6) is 0 Å². The predicted octanol–water partition coefficient (Wildman–Crippen LogP) is 1.41. The summed E-state index contributed by atoms with van der Waals surface area (Å²) < 4.78 is 0. The second kappa shape index (κ2) is 5.83. The van der Waals surface area contributed by atoms with Crippen molar-refractivity contribution >= 4 is 31.5 Å². The van der Waals surface area contributed by atoms with E-state index in [-0.39, 0.29) is 36.2 Å². The van der Waals surface area contributed by atoms with Crippen molar-refractivity contribution in [1.29, 1.82) is 0 Å². The largest absolute Gasteiger partial charge is 0.298 e. The zero-order chi connectivity index (χ0) is 9.84. The number of hydrogen-bond acceptors (Lipinski definition) is 4. The first-order valence-corrected chi connectivity index (χ1v) is 3.90. The zero-order valence-corrected chi connectivity index (χ0v) is 11.1. The van der Waals surface area contributed by atoms with Crippen molar-refractivity contribution in [3.63, 3.8) is 0 Å². The molecule has 0 aliphatic carbocycles. The number of rotatable bonds is 3.